The van der Waals surface area contributed by atoms with E-state index in [1.54, 1.807) is 6.07 Å². The van der Waals surface area contributed by atoms with Gasteiger partial charge in [-0.2, -0.15) is 0 Å². The van der Waals surface area contributed by atoms with Crippen molar-refractivity contribution >= 4 is 33.4 Å². The summed E-state index contributed by atoms with van der Waals surface area (Å²) in [6, 6.07) is 3.18. The molecule has 2 unspecified atom stereocenters. The maximum absolute atomic E-state index is 13.3. The molecule has 0 saturated heterocycles. The highest BCUT2D eigenvalue weighted by molar-refractivity contribution is 7.17. The summed E-state index contributed by atoms with van der Waals surface area (Å²) < 4.78 is 27.5. The fourth-order valence-electron chi connectivity index (χ4n) is 2.27. The number of nitrogens with zero attached hydrogens (tertiary/aromatic N) is 1. The lowest BCUT2D eigenvalue weighted by atomic mass is 10.0. The number of thiophene rings is 1. The fraction of sp³-hybridized carbons (Fsp3) is 0.500. The molecule has 2 aromatic heterocycles. The second kappa shape index (κ2) is 8.07. The van der Waals surface area contributed by atoms with Crippen molar-refractivity contribution in [1.82, 2.24) is 15.6 Å². The third-order valence-electron chi connectivity index (χ3n) is 4.33. The first-order valence-corrected chi connectivity index (χ1v) is 9.27. The molecule has 2 N–H and O–H groups in total. The molecule has 0 aromatic carbocycles. The van der Waals surface area contributed by atoms with Crippen LogP contribution in [0.15, 0.2) is 23.7 Å². The second-order valence-electron chi connectivity index (χ2n) is 6.78. The van der Waals surface area contributed by atoms with Crippen molar-refractivity contribution in [2.75, 3.05) is 6.54 Å². The molecule has 8 heteroatoms. The van der Waals surface area contributed by atoms with E-state index in [1.807, 2.05) is 25.3 Å². The molecule has 2 atom stereocenters. The van der Waals surface area contributed by atoms with Gasteiger partial charge in [-0.15, -0.1) is 11.3 Å². The second-order valence-corrected chi connectivity index (χ2v) is 7.72. The van der Waals surface area contributed by atoms with Crippen LogP contribution in [0.5, 0.6) is 0 Å². The molecule has 2 rings (SSSR count). The van der Waals surface area contributed by atoms with Crippen LogP contribution in [-0.4, -0.2) is 35.3 Å². The van der Waals surface area contributed by atoms with Gasteiger partial charge in [-0.3, -0.25) is 14.6 Å². The molecule has 0 radical (unpaired) electrons. The lowest BCUT2D eigenvalue weighted by Gasteiger charge is -2.26. The number of pyridine rings is 1. The van der Waals surface area contributed by atoms with Crippen LogP contribution in [-0.2, 0) is 4.79 Å². The number of carbonyl (C=O) groups is 2. The van der Waals surface area contributed by atoms with E-state index >= 15 is 0 Å². The number of hydrogen-bond donors (Lipinski definition) is 2. The normalized spacial score (nSPS) is 14.3. The zero-order chi connectivity index (χ0) is 19.5. The van der Waals surface area contributed by atoms with E-state index in [0.29, 0.717) is 5.56 Å². The molecule has 0 bridgehead atoms. The molecule has 0 aliphatic heterocycles. The number of aromatic nitrogens is 1. The number of nitrogens with one attached hydrogen (secondary N) is 2. The minimum atomic E-state index is -3.10. The van der Waals surface area contributed by atoms with Crippen LogP contribution in [0.1, 0.15) is 38.1 Å². The van der Waals surface area contributed by atoms with Gasteiger partial charge in [0, 0.05) is 25.7 Å². The lowest BCUT2D eigenvalue weighted by Crippen LogP contribution is -2.50. The third kappa shape index (κ3) is 4.97. The number of carbonyl (C=O) groups excluding carboxylic acids is 2. The summed E-state index contributed by atoms with van der Waals surface area (Å²) in [6.45, 7) is 5.76. The van der Waals surface area contributed by atoms with Crippen molar-refractivity contribution in [3.05, 3.63) is 29.3 Å². The average molecular weight is 383 g/mol. The Labute approximate surface area is 155 Å². The van der Waals surface area contributed by atoms with Gasteiger partial charge in [0.15, 0.2) is 0 Å². The largest absolute Gasteiger partial charge is 0.351 e. The van der Waals surface area contributed by atoms with E-state index in [1.165, 1.54) is 24.5 Å². The Morgan fingerprint density at radius 3 is 2.62 bits per heavy atom. The van der Waals surface area contributed by atoms with Crippen LogP contribution >= 0.6 is 11.3 Å². The van der Waals surface area contributed by atoms with Crippen molar-refractivity contribution in [3.8, 4) is 0 Å². The van der Waals surface area contributed by atoms with Gasteiger partial charge in [0.1, 0.15) is 0 Å². The van der Waals surface area contributed by atoms with Crippen molar-refractivity contribution in [2.24, 2.45) is 11.8 Å². The molecule has 26 heavy (non-hydrogen) atoms. The van der Waals surface area contributed by atoms with Gasteiger partial charge in [0.05, 0.1) is 21.7 Å². The Balaban J connectivity index is 1.99. The maximum Gasteiger partial charge on any atom is 0.256 e. The van der Waals surface area contributed by atoms with E-state index < -0.39 is 23.8 Å². The van der Waals surface area contributed by atoms with Crippen molar-refractivity contribution < 1.29 is 18.4 Å². The molecule has 2 amide bonds. The Hall–Kier alpha value is -2.09. The fourth-order valence-corrected chi connectivity index (χ4v) is 3.05. The standard InChI is InChI=1S/C18H23F2N3O2S/c1-10(2)14(23-16(24)11(3)18(4,19)20)9-22-17(25)12-7-15-13(21-8-12)5-6-26-15/h5-8,10-11,14H,9H2,1-4H3,(H,22,25)(H,23,24). The Kier molecular flexibility index (Phi) is 6.28. The Morgan fingerprint density at radius 1 is 1.31 bits per heavy atom. The maximum atomic E-state index is 13.3. The van der Waals surface area contributed by atoms with Crippen LogP contribution in [0.4, 0.5) is 8.78 Å². The first-order valence-electron chi connectivity index (χ1n) is 8.39. The van der Waals surface area contributed by atoms with Gasteiger partial charge in [0.25, 0.3) is 11.8 Å². The van der Waals surface area contributed by atoms with E-state index in [2.05, 4.69) is 15.6 Å². The van der Waals surface area contributed by atoms with Gasteiger partial charge in [-0.1, -0.05) is 13.8 Å². The Bertz CT molecular complexity index is 786. The minimum absolute atomic E-state index is 0.0326. The molecular formula is C18H23F2N3O2S. The molecule has 0 aliphatic rings. The lowest BCUT2D eigenvalue weighted by molar-refractivity contribution is -0.137. The number of halogens is 2. The topological polar surface area (TPSA) is 71.1 Å². The minimum Gasteiger partial charge on any atom is -0.351 e. The zero-order valence-corrected chi connectivity index (χ0v) is 16.0. The average Bonchev–Trinajstić information content (AvgIpc) is 3.03. The molecule has 142 valence electrons. The monoisotopic (exact) mass is 383 g/mol. The van der Waals surface area contributed by atoms with Crippen LogP contribution < -0.4 is 10.6 Å². The van der Waals surface area contributed by atoms with Gasteiger partial charge in [-0.25, -0.2) is 8.78 Å². The van der Waals surface area contributed by atoms with Gasteiger partial charge < -0.3 is 10.6 Å². The predicted molar refractivity (Wildman–Crippen MR) is 98.5 cm³/mol. The number of hydrogen-bond acceptors (Lipinski definition) is 4. The smallest absolute Gasteiger partial charge is 0.256 e. The molecule has 0 aliphatic carbocycles. The van der Waals surface area contributed by atoms with E-state index in [4.69, 9.17) is 0 Å². The summed E-state index contributed by atoms with van der Waals surface area (Å²) >= 11 is 1.49. The van der Waals surface area contributed by atoms with E-state index in [0.717, 1.165) is 17.1 Å². The van der Waals surface area contributed by atoms with Crippen molar-refractivity contribution in [1.29, 1.82) is 0 Å². The van der Waals surface area contributed by atoms with Crippen LogP contribution in [0.2, 0.25) is 0 Å². The number of amides is 2. The number of fused-ring (bicyclic) bond motifs is 1. The van der Waals surface area contributed by atoms with Crippen LogP contribution in [0.3, 0.4) is 0 Å². The van der Waals surface area contributed by atoms with Crippen molar-refractivity contribution in [2.45, 2.75) is 39.7 Å². The molecule has 2 aromatic rings. The quantitative estimate of drug-likeness (QED) is 0.769. The predicted octanol–water partition coefficient (Wildman–Crippen LogP) is 3.46. The summed E-state index contributed by atoms with van der Waals surface area (Å²) in [5, 5.41) is 7.25. The summed E-state index contributed by atoms with van der Waals surface area (Å²) in [4.78, 5) is 28.6. The van der Waals surface area contributed by atoms with E-state index in [-0.39, 0.29) is 18.4 Å². The highest BCUT2D eigenvalue weighted by Crippen LogP contribution is 2.23. The van der Waals surface area contributed by atoms with E-state index in [9.17, 15) is 18.4 Å². The summed E-state index contributed by atoms with van der Waals surface area (Å²) in [6.07, 6.45) is 1.49. The molecular weight excluding hydrogens is 360 g/mol. The molecule has 2 heterocycles. The van der Waals surface area contributed by atoms with Gasteiger partial charge in [-0.05, 0) is 30.4 Å². The summed E-state index contributed by atoms with van der Waals surface area (Å²) in [7, 11) is 0. The molecule has 5 nitrogen and oxygen atoms in total. The third-order valence-corrected chi connectivity index (χ3v) is 5.19. The molecule has 0 spiro atoms. The molecule has 0 saturated carbocycles. The highest BCUT2D eigenvalue weighted by Gasteiger charge is 2.36. The number of rotatable bonds is 7. The zero-order valence-electron chi connectivity index (χ0n) is 15.2. The SMILES string of the molecule is CC(C)C(CNC(=O)c1cnc2ccsc2c1)NC(=O)C(C)C(C)(F)F. The first-order chi connectivity index (χ1) is 12.1. The van der Waals surface area contributed by atoms with Crippen LogP contribution in [0.25, 0.3) is 10.2 Å². The highest BCUT2D eigenvalue weighted by atomic mass is 32.1. The van der Waals surface area contributed by atoms with Gasteiger partial charge in [0.2, 0.25) is 5.91 Å². The molecule has 0 fully saturated rings. The van der Waals surface area contributed by atoms with Gasteiger partial charge >= 0.3 is 0 Å². The summed E-state index contributed by atoms with van der Waals surface area (Å²) in [5.41, 5.74) is 1.25. The van der Waals surface area contributed by atoms with Crippen LogP contribution in [0, 0.1) is 11.8 Å². The van der Waals surface area contributed by atoms with Crippen molar-refractivity contribution in [3.63, 3.8) is 0 Å². The Morgan fingerprint density at radius 2 is 2.00 bits per heavy atom. The number of alkyl halides is 2. The summed E-state index contributed by atoms with van der Waals surface area (Å²) in [5.74, 6) is -5.62. The first kappa shape index (κ1) is 20.2.